The number of ether oxygens (including phenoxy) is 3. The first-order valence-corrected chi connectivity index (χ1v) is 9.95. The lowest BCUT2D eigenvalue weighted by atomic mass is 9.95. The van der Waals surface area contributed by atoms with Gasteiger partial charge < -0.3 is 29.5 Å². The molecule has 0 saturated carbocycles. The van der Waals surface area contributed by atoms with E-state index in [4.69, 9.17) is 14.2 Å². The van der Waals surface area contributed by atoms with Crippen molar-refractivity contribution in [2.24, 2.45) is 0 Å². The van der Waals surface area contributed by atoms with Gasteiger partial charge in [-0.25, -0.2) is 9.59 Å². The quantitative estimate of drug-likeness (QED) is 0.732. The average Bonchev–Trinajstić information content (AvgIpc) is 3.01. The minimum Gasteiger partial charge on any atom is -0.493 e. The zero-order valence-electron chi connectivity index (χ0n) is 18.6. The lowest BCUT2D eigenvalue weighted by molar-refractivity contribution is 0.0695. The van der Waals surface area contributed by atoms with Crippen LogP contribution in [0.4, 0.5) is 4.79 Å². The van der Waals surface area contributed by atoms with Crippen LogP contribution in [0, 0.1) is 0 Å². The van der Waals surface area contributed by atoms with E-state index in [9.17, 15) is 19.5 Å². The molecule has 1 aliphatic rings. The largest absolute Gasteiger partial charge is 0.493 e. The number of carboxylic acids is 1. The monoisotopic (exact) mass is 442 g/mol. The minimum absolute atomic E-state index is 0.327. The normalized spacial score (nSPS) is 14.3. The molecular formula is C23H26N2O7. The predicted octanol–water partition coefficient (Wildman–Crippen LogP) is 2.70. The van der Waals surface area contributed by atoms with Crippen molar-refractivity contribution in [2.45, 2.75) is 18.9 Å². The zero-order chi connectivity index (χ0) is 23.6. The van der Waals surface area contributed by atoms with Crippen molar-refractivity contribution >= 4 is 12.0 Å². The summed E-state index contributed by atoms with van der Waals surface area (Å²) < 4.78 is 16.7. The van der Waals surface area contributed by atoms with Crippen molar-refractivity contribution in [3.05, 3.63) is 51.2 Å². The van der Waals surface area contributed by atoms with E-state index in [1.807, 2.05) is 6.07 Å². The van der Waals surface area contributed by atoms with Crippen LogP contribution in [-0.2, 0) is 6.42 Å². The number of aryl methyl sites for hydroxylation is 1. The number of carbonyl (C=O) groups excluding carboxylic acids is 1. The lowest BCUT2D eigenvalue weighted by Crippen LogP contribution is -2.37. The maximum atomic E-state index is 12.7. The molecule has 9 nitrogen and oxygen atoms in total. The van der Waals surface area contributed by atoms with Crippen LogP contribution in [0.5, 0.6) is 17.2 Å². The number of nitrogens with zero attached hydrogens (tertiary/aromatic N) is 1. The number of rotatable bonds is 5. The number of carboxylic acid groups (broad SMARTS) is 1. The van der Waals surface area contributed by atoms with Crippen molar-refractivity contribution in [2.75, 3.05) is 35.4 Å². The first-order chi connectivity index (χ1) is 15.2. The molecule has 9 heteroatoms. The summed E-state index contributed by atoms with van der Waals surface area (Å²) in [5, 5.41) is 12.4. The van der Waals surface area contributed by atoms with Crippen molar-refractivity contribution in [3.63, 3.8) is 0 Å². The second-order valence-electron chi connectivity index (χ2n) is 7.54. The molecule has 0 unspecified atom stereocenters. The number of aromatic carboxylic acids is 1. The summed E-state index contributed by atoms with van der Waals surface area (Å²) in [7, 11) is 7.75. The van der Waals surface area contributed by atoms with Gasteiger partial charge >= 0.3 is 12.0 Å². The van der Waals surface area contributed by atoms with Crippen LogP contribution in [-0.4, -0.2) is 57.4 Å². The summed E-state index contributed by atoms with van der Waals surface area (Å²) in [5.74, 6) is -0.0639. The molecule has 1 aliphatic carbocycles. The molecule has 0 saturated heterocycles. The Morgan fingerprint density at radius 3 is 2.31 bits per heavy atom. The maximum absolute atomic E-state index is 12.7. The Morgan fingerprint density at radius 1 is 1.06 bits per heavy atom. The molecule has 0 heterocycles. The summed E-state index contributed by atoms with van der Waals surface area (Å²) in [6.45, 7) is 0. The Morgan fingerprint density at radius 2 is 1.75 bits per heavy atom. The molecule has 0 aliphatic heterocycles. The Hall–Kier alpha value is -3.75. The van der Waals surface area contributed by atoms with Gasteiger partial charge in [-0.05, 0) is 47.7 Å². The maximum Gasteiger partial charge on any atom is 0.339 e. The smallest absolute Gasteiger partial charge is 0.339 e. The van der Waals surface area contributed by atoms with Gasteiger partial charge in [0.05, 0.1) is 27.4 Å². The number of hydrogen-bond acceptors (Lipinski definition) is 6. The molecule has 0 fully saturated rings. The average molecular weight is 442 g/mol. The molecule has 0 bridgehead atoms. The van der Waals surface area contributed by atoms with Crippen LogP contribution in [0.25, 0.3) is 11.1 Å². The fraction of sp³-hybridized carbons (Fsp3) is 0.348. The Labute approximate surface area is 185 Å². The summed E-state index contributed by atoms with van der Waals surface area (Å²) in [6.07, 6.45) is 1.02. The minimum atomic E-state index is -1.33. The molecule has 32 heavy (non-hydrogen) atoms. The van der Waals surface area contributed by atoms with E-state index >= 15 is 0 Å². The van der Waals surface area contributed by atoms with Crippen molar-refractivity contribution in [1.29, 1.82) is 0 Å². The molecular weight excluding hydrogens is 416 g/mol. The molecule has 2 aromatic rings. The Balaban J connectivity index is 2.39. The van der Waals surface area contributed by atoms with Gasteiger partial charge in [-0.1, -0.05) is 6.07 Å². The Bertz CT molecular complexity index is 1130. The molecule has 170 valence electrons. The number of carbonyl (C=O) groups is 2. The van der Waals surface area contributed by atoms with E-state index in [0.29, 0.717) is 46.8 Å². The second-order valence-corrected chi connectivity index (χ2v) is 7.54. The molecule has 2 amide bonds. The highest BCUT2D eigenvalue weighted by atomic mass is 16.5. The fourth-order valence-corrected chi connectivity index (χ4v) is 3.92. The van der Waals surface area contributed by atoms with Crippen molar-refractivity contribution in [1.82, 2.24) is 10.2 Å². The van der Waals surface area contributed by atoms with Crippen molar-refractivity contribution < 1.29 is 28.9 Å². The van der Waals surface area contributed by atoms with Crippen LogP contribution in [0.2, 0.25) is 0 Å². The molecule has 3 rings (SSSR count). The molecule has 2 N–H and O–H groups in total. The van der Waals surface area contributed by atoms with Gasteiger partial charge in [-0.15, -0.1) is 0 Å². The van der Waals surface area contributed by atoms with Gasteiger partial charge in [-0.3, -0.25) is 4.79 Å². The van der Waals surface area contributed by atoms with E-state index in [1.54, 1.807) is 20.2 Å². The van der Waals surface area contributed by atoms with Crippen LogP contribution in [0.15, 0.2) is 29.1 Å². The highest BCUT2D eigenvalue weighted by molar-refractivity contribution is 5.89. The van der Waals surface area contributed by atoms with Gasteiger partial charge in [-0.2, -0.15) is 0 Å². The zero-order valence-corrected chi connectivity index (χ0v) is 18.6. The summed E-state index contributed by atoms with van der Waals surface area (Å²) in [5.41, 5.74) is 1.58. The molecule has 2 aromatic carbocycles. The van der Waals surface area contributed by atoms with Crippen molar-refractivity contribution in [3.8, 4) is 28.4 Å². The summed E-state index contributed by atoms with van der Waals surface area (Å²) >= 11 is 0. The standard InChI is InChI=1S/C23H26N2O7/c1-25(2)23(29)24-16-9-6-12-10-18(30-3)20(31-4)21(32-5)19(12)13-7-8-14(22(27)28)17(26)11-15(13)16/h7-8,10-11,16H,6,9H2,1-5H3,(H,24,29)(H,27,28)/t16-/m0/s1. The number of nitrogens with one attached hydrogen (secondary N) is 1. The topological polar surface area (TPSA) is 114 Å². The van der Waals surface area contributed by atoms with Crippen LogP contribution in [0.1, 0.15) is 33.9 Å². The number of benzene rings is 1. The highest BCUT2D eigenvalue weighted by Crippen LogP contribution is 2.50. The third-order valence-corrected chi connectivity index (χ3v) is 5.47. The Kier molecular flexibility index (Phi) is 6.57. The van der Waals surface area contributed by atoms with Crippen LogP contribution < -0.4 is 25.0 Å². The first-order valence-electron chi connectivity index (χ1n) is 9.95. The van der Waals surface area contributed by atoms with E-state index < -0.39 is 17.4 Å². The van der Waals surface area contributed by atoms with Gasteiger partial charge in [0.1, 0.15) is 5.56 Å². The van der Waals surface area contributed by atoms with Crippen LogP contribution in [0.3, 0.4) is 0 Å². The third kappa shape index (κ3) is 4.05. The van der Waals surface area contributed by atoms with E-state index in [0.717, 1.165) is 5.56 Å². The van der Waals surface area contributed by atoms with Gasteiger partial charge in [0.2, 0.25) is 5.75 Å². The number of hydrogen-bond donors (Lipinski definition) is 2. The number of urea groups is 1. The SMILES string of the molecule is COc1cc2c(c(OC)c1OC)-c1ccc(C(=O)O)c(=O)cc1[C@@H](NC(=O)N(C)C)CC2. The second kappa shape index (κ2) is 9.17. The first kappa shape index (κ1) is 22.9. The van der Waals surface area contributed by atoms with Gasteiger partial charge in [0, 0.05) is 19.7 Å². The van der Waals surface area contributed by atoms with Gasteiger partial charge in [0.15, 0.2) is 16.9 Å². The molecule has 0 aromatic heterocycles. The predicted molar refractivity (Wildman–Crippen MR) is 118 cm³/mol. The number of fused-ring (bicyclic) bond motifs is 3. The van der Waals surface area contributed by atoms with E-state index in [-0.39, 0.29) is 11.6 Å². The summed E-state index contributed by atoms with van der Waals surface area (Å²) in [4.78, 5) is 38.2. The number of methoxy groups -OCH3 is 3. The van der Waals surface area contributed by atoms with Crippen LogP contribution >= 0.6 is 0 Å². The summed E-state index contributed by atoms with van der Waals surface area (Å²) in [6, 6.07) is 5.11. The van der Waals surface area contributed by atoms with E-state index in [1.165, 1.54) is 38.4 Å². The molecule has 0 spiro atoms. The lowest BCUT2D eigenvalue weighted by Gasteiger charge is -2.21. The highest BCUT2D eigenvalue weighted by Gasteiger charge is 2.30. The van der Waals surface area contributed by atoms with E-state index in [2.05, 4.69) is 5.32 Å². The molecule has 0 radical (unpaired) electrons. The number of amides is 2. The van der Waals surface area contributed by atoms with Gasteiger partial charge in [0.25, 0.3) is 0 Å². The molecule has 1 atom stereocenters. The fourth-order valence-electron chi connectivity index (χ4n) is 3.92. The third-order valence-electron chi connectivity index (χ3n) is 5.47.